The minimum Gasteiger partial charge on any atom is -0.451 e. The van der Waals surface area contributed by atoms with Crippen LogP contribution in [-0.2, 0) is 16.1 Å². The van der Waals surface area contributed by atoms with E-state index in [0.29, 0.717) is 10.8 Å². The van der Waals surface area contributed by atoms with Crippen LogP contribution in [0, 0.1) is 0 Å². The van der Waals surface area contributed by atoms with E-state index in [9.17, 15) is 22.8 Å². The van der Waals surface area contributed by atoms with E-state index in [-0.39, 0.29) is 17.8 Å². The molecule has 0 aliphatic heterocycles. The lowest BCUT2D eigenvalue weighted by atomic mass is 10.2. The molecule has 7 nitrogen and oxygen atoms in total. The van der Waals surface area contributed by atoms with E-state index in [1.54, 1.807) is 16.7 Å². The van der Waals surface area contributed by atoms with Crippen molar-refractivity contribution in [2.75, 3.05) is 12.9 Å². The Kier molecular flexibility index (Phi) is 7.41. The lowest BCUT2D eigenvalue weighted by Gasteiger charge is -2.14. The molecule has 1 N–H and O–H groups in total. The van der Waals surface area contributed by atoms with Crippen LogP contribution in [0.3, 0.4) is 0 Å². The summed E-state index contributed by atoms with van der Waals surface area (Å²) in [6.07, 6.45) is -1.69. The molecule has 0 aliphatic rings. The summed E-state index contributed by atoms with van der Waals surface area (Å²) in [4.78, 5) is 28.8. The predicted octanol–water partition coefficient (Wildman–Crippen LogP) is 3.97. The number of amides is 1. The van der Waals surface area contributed by atoms with E-state index in [4.69, 9.17) is 4.74 Å². The molecular weight excluding hydrogens is 447 g/mol. The number of carbonyl (C=O) groups is 2. The largest absolute Gasteiger partial charge is 0.573 e. The number of benzene rings is 2. The number of aromatic nitrogens is 2. The number of halogens is 3. The second-order valence-electron chi connectivity index (χ2n) is 6.31. The third kappa shape index (κ3) is 6.03. The molecule has 0 spiro atoms. The molecule has 11 heteroatoms. The standard InChI is InChI=1S/C21H18F3N3O4S/c1-32-20-26-12-16(27(20)15-8-3-2-4-9-15)19(29)30-13-18(28)25-11-14-7-5-6-10-17(14)31-21(22,23)24/h2-10,12H,11,13H2,1H3,(H,25,28). The molecule has 3 aromatic rings. The smallest absolute Gasteiger partial charge is 0.451 e. The van der Waals surface area contributed by atoms with Crippen molar-refractivity contribution in [3.05, 3.63) is 72.1 Å². The van der Waals surface area contributed by atoms with Crippen LogP contribution in [0.15, 0.2) is 66.0 Å². The number of alkyl halides is 3. The monoisotopic (exact) mass is 465 g/mol. The molecule has 0 aliphatic carbocycles. The fourth-order valence-corrected chi connectivity index (χ4v) is 3.32. The van der Waals surface area contributed by atoms with Gasteiger partial charge in [-0.1, -0.05) is 48.2 Å². The number of para-hydroxylation sites is 2. The summed E-state index contributed by atoms with van der Waals surface area (Å²) in [6.45, 7) is -0.850. The highest BCUT2D eigenvalue weighted by Crippen LogP contribution is 2.26. The Morgan fingerprint density at radius 2 is 1.78 bits per heavy atom. The van der Waals surface area contributed by atoms with Gasteiger partial charge in [0.2, 0.25) is 0 Å². The summed E-state index contributed by atoms with van der Waals surface area (Å²) in [5.74, 6) is -1.87. The Hall–Kier alpha value is -3.47. The SMILES string of the molecule is CSc1ncc(C(=O)OCC(=O)NCc2ccccc2OC(F)(F)F)n1-c1ccccc1. The van der Waals surface area contributed by atoms with E-state index in [1.807, 2.05) is 24.5 Å². The summed E-state index contributed by atoms with van der Waals surface area (Å²) in [7, 11) is 0. The zero-order chi connectivity index (χ0) is 23.1. The van der Waals surface area contributed by atoms with Crippen LogP contribution in [-0.4, -0.2) is 40.7 Å². The van der Waals surface area contributed by atoms with E-state index in [2.05, 4.69) is 15.0 Å². The van der Waals surface area contributed by atoms with Crippen molar-refractivity contribution >= 4 is 23.6 Å². The number of imidazole rings is 1. The molecule has 0 unspecified atom stereocenters. The molecule has 2 aromatic carbocycles. The van der Waals surface area contributed by atoms with Gasteiger partial charge in [-0.25, -0.2) is 9.78 Å². The quantitative estimate of drug-likeness (QED) is 0.401. The maximum absolute atomic E-state index is 12.5. The lowest BCUT2D eigenvalue weighted by molar-refractivity contribution is -0.274. The van der Waals surface area contributed by atoms with Crippen molar-refractivity contribution in [1.29, 1.82) is 0 Å². The van der Waals surface area contributed by atoms with Crippen LogP contribution in [0.1, 0.15) is 16.1 Å². The average molecular weight is 465 g/mol. The summed E-state index contributed by atoms with van der Waals surface area (Å²) in [6, 6.07) is 14.5. The number of hydrogen-bond donors (Lipinski definition) is 1. The van der Waals surface area contributed by atoms with Crippen molar-refractivity contribution in [2.45, 2.75) is 18.1 Å². The van der Waals surface area contributed by atoms with Gasteiger partial charge in [-0.15, -0.1) is 13.2 Å². The molecule has 0 saturated carbocycles. The Morgan fingerprint density at radius 3 is 2.47 bits per heavy atom. The first-order valence-corrected chi connectivity index (χ1v) is 10.5. The maximum atomic E-state index is 12.5. The third-order valence-electron chi connectivity index (χ3n) is 4.14. The molecule has 0 saturated heterocycles. The van der Waals surface area contributed by atoms with Crippen LogP contribution >= 0.6 is 11.8 Å². The first-order chi connectivity index (χ1) is 15.3. The number of esters is 1. The molecule has 3 rings (SSSR count). The Balaban J connectivity index is 1.61. The van der Waals surface area contributed by atoms with Gasteiger partial charge < -0.3 is 14.8 Å². The highest BCUT2D eigenvalue weighted by atomic mass is 32.2. The molecule has 1 amide bonds. The highest BCUT2D eigenvalue weighted by Gasteiger charge is 2.32. The topological polar surface area (TPSA) is 82.4 Å². The van der Waals surface area contributed by atoms with Gasteiger partial charge in [0.05, 0.1) is 6.20 Å². The fraction of sp³-hybridized carbons (Fsp3) is 0.190. The lowest BCUT2D eigenvalue weighted by Crippen LogP contribution is -2.29. The van der Waals surface area contributed by atoms with Crippen LogP contribution in [0.4, 0.5) is 13.2 Å². The molecule has 0 atom stereocenters. The molecule has 0 fully saturated rings. The van der Waals surface area contributed by atoms with Crippen molar-refractivity contribution in [2.24, 2.45) is 0 Å². The Morgan fingerprint density at radius 1 is 1.09 bits per heavy atom. The summed E-state index contributed by atoms with van der Waals surface area (Å²) in [5.41, 5.74) is 0.959. The summed E-state index contributed by atoms with van der Waals surface area (Å²) in [5, 5.41) is 2.97. The van der Waals surface area contributed by atoms with Gasteiger partial charge >= 0.3 is 12.3 Å². The van der Waals surface area contributed by atoms with Crippen molar-refractivity contribution < 1.29 is 32.2 Å². The maximum Gasteiger partial charge on any atom is 0.573 e. The number of nitrogens with one attached hydrogen (secondary N) is 1. The normalized spacial score (nSPS) is 11.1. The van der Waals surface area contributed by atoms with E-state index < -0.39 is 30.6 Å². The van der Waals surface area contributed by atoms with Crippen LogP contribution in [0.25, 0.3) is 5.69 Å². The number of hydrogen-bond acceptors (Lipinski definition) is 6. The molecule has 32 heavy (non-hydrogen) atoms. The predicted molar refractivity (Wildman–Crippen MR) is 111 cm³/mol. The molecule has 1 aromatic heterocycles. The van der Waals surface area contributed by atoms with Gasteiger partial charge in [-0.3, -0.25) is 9.36 Å². The minimum atomic E-state index is -4.85. The highest BCUT2D eigenvalue weighted by molar-refractivity contribution is 7.98. The fourth-order valence-electron chi connectivity index (χ4n) is 2.77. The van der Waals surface area contributed by atoms with Gasteiger partial charge in [0.25, 0.3) is 5.91 Å². The van der Waals surface area contributed by atoms with E-state index in [1.165, 1.54) is 36.2 Å². The van der Waals surface area contributed by atoms with E-state index in [0.717, 1.165) is 6.07 Å². The average Bonchev–Trinajstić information content (AvgIpc) is 3.20. The number of rotatable bonds is 8. The number of carbonyl (C=O) groups excluding carboxylic acids is 2. The molecule has 0 bridgehead atoms. The molecule has 1 heterocycles. The molecule has 0 radical (unpaired) electrons. The molecular formula is C21H18F3N3O4S. The van der Waals surface area contributed by atoms with Gasteiger partial charge in [-0.05, 0) is 24.5 Å². The zero-order valence-corrected chi connectivity index (χ0v) is 17.6. The summed E-state index contributed by atoms with van der Waals surface area (Å²) < 4.78 is 48.1. The second kappa shape index (κ2) is 10.2. The Bertz CT molecular complexity index is 1090. The van der Waals surface area contributed by atoms with Gasteiger partial charge in [-0.2, -0.15) is 0 Å². The van der Waals surface area contributed by atoms with Crippen molar-refractivity contribution in [3.63, 3.8) is 0 Å². The first kappa shape index (κ1) is 23.2. The Labute approximate surface area is 185 Å². The molecule has 168 valence electrons. The van der Waals surface area contributed by atoms with E-state index >= 15 is 0 Å². The van der Waals surface area contributed by atoms with Gasteiger partial charge in [0.15, 0.2) is 17.5 Å². The van der Waals surface area contributed by atoms with Gasteiger partial charge in [0, 0.05) is 17.8 Å². The van der Waals surface area contributed by atoms with Crippen molar-refractivity contribution in [1.82, 2.24) is 14.9 Å². The first-order valence-electron chi connectivity index (χ1n) is 9.23. The second-order valence-corrected chi connectivity index (χ2v) is 7.08. The van der Waals surface area contributed by atoms with Crippen LogP contribution in [0.2, 0.25) is 0 Å². The number of nitrogens with zero attached hydrogens (tertiary/aromatic N) is 2. The van der Waals surface area contributed by atoms with Crippen molar-refractivity contribution in [3.8, 4) is 11.4 Å². The van der Waals surface area contributed by atoms with Crippen LogP contribution < -0.4 is 10.1 Å². The summed E-state index contributed by atoms with van der Waals surface area (Å²) >= 11 is 1.34. The number of thioether (sulfide) groups is 1. The zero-order valence-electron chi connectivity index (χ0n) is 16.8. The number of ether oxygens (including phenoxy) is 2. The van der Waals surface area contributed by atoms with Gasteiger partial charge in [0.1, 0.15) is 5.75 Å². The minimum absolute atomic E-state index is 0.122. The van der Waals surface area contributed by atoms with Crippen LogP contribution in [0.5, 0.6) is 5.75 Å². The third-order valence-corrected chi connectivity index (χ3v) is 4.80.